The van der Waals surface area contributed by atoms with Crippen LogP contribution in [0.4, 0.5) is 11.6 Å². The van der Waals surface area contributed by atoms with Crippen LogP contribution in [0.1, 0.15) is 40.5 Å². The van der Waals surface area contributed by atoms with E-state index >= 15 is 0 Å². The molecule has 0 aliphatic carbocycles. The topological polar surface area (TPSA) is 127 Å². The molecule has 0 unspecified atom stereocenters. The number of nitrogens with one attached hydrogen (secondary N) is 1. The van der Waals surface area contributed by atoms with Crippen LogP contribution in [0.25, 0.3) is 11.0 Å². The van der Waals surface area contributed by atoms with Gasteiger partial charge in [-0.2, -0.15) is 0 Å². The highest BCUT2D eigenvalue weighted by Gasteiger charge is 2.22. The number of fused-ring (bicyclic) bond motifs is 1. The zero-order chi connectivity index (χ0) is 20.3. The number of non-ortho nitro benzene ring substituents is 1. The number of aromatic nitrogens is 2. The maximum Gasteiger partial charge on any atom is 0.336 e. The number of carbonyl (C=O) groups excluding carboxylic acids is 1. The summed E-state index contributed by atoms with van der Waals surface area (Å²) in [6.07, 6.45) is 1.83. The highest BCUT2D eigenvalue weighted by atomic mass is 16.6. The van der Waals surface area contributed by atoms with Crippen LogP contribution in [0.15, 0.2) is 42.5 Å². The molecule has 3 aromatic rings. The summed E-state index contributed by atoms with van der Waals surface area (Å²) in [5.41, 5.74) is 0.545. The minimum Gasteiger partial charge on any atom is -0.478 e. The highest BCUT2D eigenvalue weighted by molar-refractivity contribution is 6.10. The number of unbranched alkanes of at least 4 members (excludes halogenated alkanes) is 1. The lowest BCUT2D eigenvalue weighted by Crippen LogP contribution is -2.19. The molecule has 3 rings (SSSR count). The second-order valence-corrected chi connectivity index (χ2v) is 6.18. The summed E-state index contributed by atoms with van der Waals surface area (Å²) >= 11 is 0. The minimum absolute atomic E-state index is 0.174. The predicted octanol–water partition coefficient (Wildman–Crippen LogP) is 3.70. The van der Waals surface area contributed by atoms with Crippen LogP contribution in [0.5, 0.6) is 0 Å². The number of hydrogen-bond acceptors (Lipinski definition) is 5. The highest BCUT2D eigenvalue weighted by Crippen LogP contribution is 2.23. The summed E-state index contributed by atoms with van der Waals surface area (Å²) in [5, 5.41) is 22.9. The maximum absolute atomic E-state index is 12.7. The van der Waals surface area contributed by atoms with E-state index in [4.69, 9.17) is 0 Å². The Labute approximate surface area is 159 Å². The summed E-state index contributed by atoms with van der Waals surface area (Å²) in [7, 11) is 0. The number of rotatable bonds is 7. The van der Waals surface area contributed by atoms with Gasteiger partial charge in [0, 0.05) is 18.7 Å². The standard InChI is InChI=1S/C19H18N4O5/c1-2-3-10-22-16-7-5-4-6-15(16)20-19(22)21-17(24)13-9-8-12(23(27)28)11-14(13)18(25)26/h4-9,11H,2-3,10H2,1H3,(H,25,26)(H,20,21,24). The Kier molecular flexibility index (Phi) is 5.35. The number of hydrogen-bond donors (Lipinski definition) is 2. The van der Waals surface area contributed by atoms with Crippen LogP contribution in [0, 0.1) is 10.1 Å². The largest absolute Gasteiger partial charge is 0.478 e. The van der Waals surface area contributed by atoms with Crippen LogP contribution in [-0.2, 0) is 6.54 Å². The fraction of sp³-hybridized carbons (Fsp3) is 0.211. The van der Waals surface area contributed by atoms with Gasteiger partial charge < -0.3 is 9.67 Å². The van der Waals surface area contributed by atoms with E-state index in [2.05, 4.69) is 10.3 Å². The van der Waals surface area contributed by atoms with E-state index in [1.54, 1.807) is 0 Å². The van der Waals surface area contributed by atoms with Crippen molar-refractivity contribution in [3.05, 3.63) is 63.7 Å². The Bertz CT molecular complexity index is 1070. The second kappa shape index (κ2) is 7.87. The van der Waals surface area contributed by atoms with Crippen molar-refractivity contribution in [3.8, 4) is 0 Å². The molecule has 0 atom stereocenters. The first-order valence-electron chi connectivity index (χ1n) is 8.70. The molecule has 9 heteroatoms. The number of amides is 1. The first kappa shape index (κ1) is 19.0. The number of carboxylic acid groups (broad SMARTS) is 1. The third-order valence-corrected chi connectivity index (χ3v) is 4.30. The summed E-state index contributed by atoms with van der Waals surface area (Å²) in [6.45, 7) is 2.69. The molecule has 0 bridgehead atoms. The molecule has 1 heterocycles. The number of carbonyl (C=O) groups is 2. The smallest absolute Gasteiger partial charge is 0.336 e. The van der Waals surface area contributed by atoms with E-state index in [1.807, 2.05) is 35.8 Å². The Morgan fingerprint density at radius 2 is 1.96 bits per heavy atom. The van der Waals surface area contributed by atoms with Gasteiger partial charge in [-0.05, 0) is 24.6 Å². The van der Waals surface area contributed by atoms with Crippen molar-refractivity contribution in [1.29, 1.82) is 0 Å². The van der Waals surface area contributed by atoms with Gasteiger partial charge in [-0.25, -0.2) is 9.78 Å². The fourth-order valence-electron chi connectivity index (χ4n) is 2.90. The monoisotopic (exact) mass is 382 g/mol. The fourth-order valence-corrected chi connectivity index (χ4v) is 2.90. The summed E-state index contributed by atoms with van der Waals surface area (Å²) in [6, 6.07) is 10.5. The van der Waals surface area contributed by atoms with Crippen molar-refractivity contribution in [2.45, 2.75) is 26.3 Å². The zero-order valence-corrected chi connectivity index (χ0v) is 15.1. The van der Waals surface area contributed by atoms with Gasteiger partial charge in [0.1, 0.15) is 0 Å². The van der Waals surface area contributed by atoms with Crippen molar-refractivity contribution < 1.29 is 19.6 Å². The Morgan fingerprint density at radius 3 is 2.64 bits per heavy atom. The Hall–Kier alpha value is -3.75. The first-order chi connectivity index (χ1) is 13.4. The van der Waals surface area contributed by atoms with Crippen molar-refractivity contribution in [2.75, 3.05) is 5.32 Å². The van der Waals surface area contributed by atoms with Gasteiger partial charge in [0.05, 0.1) is 27.1 Å². The SMILES string of the molecule is CCCCn1c(NC(=O)c2ccc([N+](=O)[O-])cc2C(=O)O)nc2ccccc21. The van der Waals surface area contributed by atoms with E-state index in [0.29, 0.717) is 18.0 Å². The molecular formula is C19H18N4O5. The molecule has 0 aliphatic rings. The molecule has 0 saturated heterocycles. The van der Waals surface area contributed by atoms with Crippen molar-refractivity contribution >= 4 is 34.5 Å². The van der Waals surface area contributed by atoms with Crippen molar-refractivity contribution in [2.24, 2.45) is 0 Å². The molecule has 1 aromatic heterocycles. The van der Waals surface area contributed by atoms with E-state index in [0.717, 1.165) is 36.6 Å². The Balaban J connectivity index is 1.99. The number of aromatic carboxylic acids is 1. The molecule has 0 saturated carbocycles. The van der Waals surface area contributed by atoms with E-state index in [1.165, 1.54) is 0 Å². The number of nitro benzene ring substituents is 1. The van der Waals surface area contributed by atoms with Gasteiger partial charge in [-0.15, -0.1) is 0 Å². The molecule has 0 aliphatic heterocycles. The molecule has 0 spiro atoms. The average molecular weight is 382 g/mol. The van der Waals surface area contributed by atoms with Crippen LogP contribution in [0.2, 0.25) is 0 Å². The lowest BCUT2D eigenvalue weighted by atomic mass is 10.1. The lowest BCUT2D eigenvalue weighted by molar-refractivity contribution is -0.384. The molecule has 0 radical (unpaired) electrons. The van der Waals surface area contributed by atoms with Crippen LogP contribution in [-0.4, -0.2) is 31.5 Å². The minimum atomic E-state index is -1.42. The molecule has 28 heavy (non-hydrogen) atoms. The molecule has 0 fully saturated rings. The number of nitrogens with zero attached hydrogens (tertiary/aromatic N) is 3. The number of para-hydroxylation sites is 2. The Morgan fingerprint density at radius 1 is 1.21 bits per heavy atom. The number of carboxylic acids is 1. The lowest BCUT2D eigenvalue weighted by Gasteiger charge is -2.11. The normalized spacial score (nSPS) is 10.8. The van der Waals surface area contributed by atoms with Crippen LogP contribution >= 0.6 is 0 Å². The predicted molar refractivity (Wildman–Crippen MR) is 103 cm³/mol. The number of anilines is 1. The first-order valence-corrected chi connectivity index (χ1v) is 8.70. The molecule has 1 amide bonds. The number of benzene rings is 2. The molecule has 2 aromatic carbocycles. The van der Waals surface area contributed by atoms with Crippen LogP contribution < -0.4 is 5.32 Å². The van der Waals surface area contributed by atoms with E-state index in [9.17, 15) is 24.8 Å². The average Bonchev–Trinajstić information content (AvgIpc) is 3.02. The van der Waals surface area contributed by atoms with Crippen molar-refractivity contribution in [3.63, 3.8) is 0 Å². The van der Waals surface area contributed by atoms with Gasteiger partial charge in [-0.1, -0.05) is 25.5 Å². The second-order valence-electron chi connectivity index (χ2n) is 6.18. The summed E-state index contributed by atoms with van der Waals surface area (Å²) in [5.74, 6) is -1.82. The summed E-state index contributed by atoms with van der Waals surface area (Å²) < 4.78 is 1.86. The molecule has 9 nitrogen and oxygen atoms in total. The van der Waals surface area contributed by atoms with Gasteiger partial charge in [0.2, 0.25) is 5.95 Å². The van der Waals surface area contributed by atoms with E-state index in [-0.39, 0.29) is 5.56 Å². The number of imidazole rings is 1. The van der Waals surface area contributed by atoms with Gasteiger partial charge >= 0.3 is 5.97 Å². The third-order valence-electron chi connectivity index (χ3n) is 4.30. The zero-order valence-electron chi connectivity index (χ0n) is 15.1. The van der Waals surface area contributed by atoms with Gasteiger partial charge in [-0.3, -0.25) is 20.2 Å². The maximum atomic E-state index is 12.7. The molecule has 144 valence electrons. The van der Waals surface area contributed by atoms with Gasteiger partial charge in [0.25, 0.3) is 11.6 Å². The summed E-state index contributed by atoms with van der Waals surface area (Å²) in [4.78, 5) is 38.8. The molecule has 2 N–H and O–H groups in total. The number of aryl methyl sites for hydroxylation is 1. The van der Waals surface area contributed by atoms with Crippen LogP contribution in [0.3, 0.4) is 0 Å². The van der Waals surface area contributed by atoms with Crippen molar-refractivity contribution in [1.82, 2.24) is 9.55 Å². The number of nitro groups is 1. The quantitative estimate of drug-likeness (QED) is 0.474. The van der Waals surface area contributed by atoms with E-state index < -0.39 is 28.1 Å². The van der Waals surface area contributed by atoms with Gasteiger partial charge in [0.15, 0.2) is 0 Å². The molecular weight excluding hydrogens is 364 g/mol. The third kappa shape index (κ3) is 3.68.